The van der Waals surface area contributed by atoms with Crippen molar-refractivity contribution >= 4 is 17.5 Å². The number of aromatic nitrogens is 2. The molecule has 1 aromatic heterocycles. The number of rotatable bonds is 6. The molecular formula is C14H23N5O. The molecule has 2 rings (SSSR count). The lowest BCUT2D eigenvalue weighted by molar-refractivity contribution is -0.119. The summed E-state index contributed by atoms with van der Waals surface area (Å²) in [5, 5.41) is 6.02. The Bertz CT molecular complexity index is 484. The van der Waals surface area contributed by atoms with Gasteiger partial charge in [-0.15, -0.1) is 0 Å². The minimum Gasteiger partial charge on any atom is -0.373 e. The lowest BCUT2D eigenvalue weighted by Gasteiger charge is -2.19. The van der Waals surface area contributed by atoms with Gasteiger partial charge < -0.3 is 15.5 Å². The number of nitrogens with zero attached hydrogens (tertiary/aromatic N) is 3. The van der Waals surface area contributed by atoms with Gasteiger partial charge in [0.1, 0.15) is 17.5 Å². The molecule has 0 saturated heterocycles. The molecule has 0 bridgehead atoms. The number of carbonyl (C=O) groups excluding carboxylic acids is 1. The van der Waals surface area contributed by atoms with Gasteiger partial charge >= 0.3 is 0 Å². The van der Waals surface area contributed by atoms with Gasteiger partial charge in [-0.3, -0.25) is 4.79 Å². The predicted octanol–water partition coefficient (Wildman–Crippen LogP) is 1.36. The molecule has 1 aliphatic rings. The van der Waals surface area contributed by atoms with Crippen molar-refractivity contribution in [2.75, 3.05) is 30.9 Å². The molecule has 0 spiro atoms. The molecule has 0 aliphatic heterocycles. The maximum Gasteiger partial charge on any atom is 0.239 e. The molecule has 1 amide bonds. The predicted molar refractivity (Wildman–Crippen MR) is 80.1 cm³/mol. The normalized spacial score (nSPS) is 14.2. The molecule has 1 saturated carbocycles. The van der Waals surface area contributed by atoms with Gasteiger partial charge in [0, 0.05) is 32.1 Å². The van der Waals surface area contributed by atoms with E-state index in [0.29, 0.717) is 12.6 Å². The zero-order chi connectivity index (χ0) is 14.7. The van der Waals surface area contributed by atoms with Crippen LogP contribution in [-0.2, 0) is 4.79 Å². The number of nitrogens with one attached hydrogen (secondary N) is 2. The first-order valence-electron chi connectivity index (χ1n) is 7.07. The van der Waals surface area contributed by atoms with Crippen LogP contribution < -0.4 is 15.5 Å². The molecule has 0 atom stereocenters. The van der Waals surface area contributed by atoms with E-state index in [4.69, 9.17) is 0 Å². The second kappa shape index (κ2) is 6.07. The van der Waals surface area contributed by atoms with Crippen molar-refractivity contribution < 1.29 is 4.79 Å². The van der Waals surface area contributed by atoms with E-state index in [2.05, 4.69) is 34.4 Å². The van der Waals surface area contributed by atoms with Crippen LogP contribution in [0.4, 0.5) is 11.6 Å². The Morgan fingerprint density at radius 3 is 2.70 bits per heavy atom. The largest absolute Gasteiger partial charge is 0.373 e. The summed E-state index contributed by atoms with van der Waals surface area (Å²) in [6.45, 7) is 4.42. The van der Waals surface area contributed by atoms with E-state index in [-0.39, 0.29) is 11.8 Å². The molecule has 1 aliphatic carbocycles. The zero-order valence-corrected chi connectivity index (χ0v) is 12.6. The fourth-order valence-corrected chi connectivity index (χ4v) is 1.83. The first-order valence-corrected chi connectivity index (χ1v) is 7.07. The number of hydrogen-bond acceptors (Lipinski definition) is 5. The van der Waals surface area contributed by atoms with E-state index >= 15 is 0 Å². The van der Waals surface area contributed by atoms with Crippen LogP contribution in [-0.4, -0.2) is 42.6 Å². The summed E-state index contributed by atoms with van der Waals surface area (Å²) in [4.78, 5) is 22.6. The van der Waals surface area contributed by atoms with Gasteiger partial charge in [0.25, 0.3) is 0 Å². The average molecular weight is 277 g/mol. The van der Waals surface area contributed by atoms with Gasteiger partial charge in [0.2, 0.25) is 5.91 Å². The molecule has 1 heterocycles. The van der Waals surface area contributed by atoms with Crippen LogP contribution in [0.3, 0.4) is 0 Å². The molecule has 1 fully saturated rings. The third-order valence-corrected chi connectivity index (χ3v) is 3.22. The molecule has 0 unspecified atom stereocenters. The first-order chi connectivity index (χ1) is 9.49. The Balaban J connectivity index is 2.08. The summed E-state index contributed by atoms with van der Waals surface area (Å²) < 4.78 is 0. The number of amides is 1. The topological polar surface area (TPSA) is 70.2 Å². The Labute approximate surface area is 120 Å². The van der Waals surface area contributed by atoms with Crippen LogP contribution in [0, 0.1) is 0 Å². The smallest absolute Gasteiger partial charge is 0.239 e. The SMILES string of the molecule is CNc1cc(N(C)CC(=O)NC2CC2)nc(C(C)C)n1. The molecule has 6 heteroatoms. The zero-order valence-electron chi connectivity index (χ0n) is 12.6. The Hall–Kier alpha value is -1.85. The van der Waals surface area contributed by atoms with E-state index < -0.39 is 0 Å². The van der Waals surface area contributed by atoms with Crippen LogP contribution in [0.2, 0.25) is 0 Å². The van der Waals surface area contributed by atoms with Crippen LogP contribution >= 0.6 is 0 Å². The van der Waals surface area contributed by atoms with E-state index in [1.54, 1.807) is 0 Å². The molecule has 2 N–H and O–H groups in total. The van der Waals surface area contributed by atoms with E-state index in [1.807, 2.05) is 25.1 Å². The fourth-order valence-electron chi connectivity index (χ4n) is 1.83. The van der Waals surface area contributed by atoms with Gasteiger partial charge in [-0.25, -0.2) is 9.97 Å². The number of hydrogen-bond donors (Lipinski definition) is 2. The highest BCUT2D eigenvalue weighted by atomic mass is 16.2. The molecule has 6 nitrogen and oxygen atoms in total. The molecule has 0 radical (unpaired) electrons. The monoisotopic (exact) mass is 277 g/mol. The van der Waals surface area contributed by atoms with Crippen molar-refractivity contribution in [2.45, 2.75) is 38.6 Å². The highest BCUT2D eigenvalue weighted by molar-refractivity contribution is 5.81. The van der Waals surface area contributed by atoms with Crippen molar-refractivity contribution in [2.24, 2.45) is 0 Å². The fraction of sp³-hybridized carbons (Fsp3) is 0.643. The van der Waals surface area contributed by atoms with Gasteiger partial charge in [0.15, 0.2) is 0 Å². The second-order valence-electron chi connectivity index (χ2n) is 5.57. The second-order valence-corrected chi connectivity index (χ2v) is 5.57. The third kappa shape index (κ3) is 3.82. The molecule has 20 heavy (non-hydrogen) atoms. The van der Waals surface area contributed by atoms with Crippen molar-refractivity contribution in [1.82, 2.24) is 15.3 Å². The highest BCUT2D eigenvalue weighted by Crippen LogP contribution is 2.20. The summed E-state index contributed by atoms with van der Waals surface area (Å²) in [5.41, 5.74) is 0. The third-order valence-electron chi connectivity index (χ3n) is 3.22. The Kier molecular flexibility index (Phi) is 4.42. The summed E-state index contributed by atoms with van der Waals surface area (Å²) in [6.07, 6.45) is 2.20. The quantitative estimate of drug-likeness (QED) is 0.821. The van der Waals surface area contributed by atoms with Crippen LogP contribution in [0.5, 0.6) is 0 Å². The number of carbonyl (C=O) groups is 1. The van der Waals surface area contributed by atoms with Crippen molar-refractivity contribution in [1.29, 1.82) is 0 Å². The Morgan fingerprint density at radius 1 is 1.45 bits per heavy atom. The lowest BCUT2D eigenvalue weighted by atomic mass is 10.2. The van der Waals surface area contributed by atoms with Gasteiger partial charge in [-0.05, 0) is 12.8 Å². The number of likely N-dealkylation sites (N-methyl/N-ethyl adjacent to an activating group) is 1. The minimum atomic E-state index is 0.0470. The lowest BCUT2D eigenvalue weighted by Crippen LogP contribution is -2.36. The van der Waals surface area contributed by atoms with Crippen molar-refractivity contribution in [3.05, 3.63) is 11.9 Å². The average Bonchev–Trinajstić information content (AvgIpc) is 3.21. The van der Waals surface area contributed by atoms with E-state index in [1.165, 1.54) is 0 Å². The van der Waals surface area contributed by atoms with E-state index in [0.717, 1.165) is 30.3 Å². The van der Waals surface area contributed by atoms with Crippen molar-refractivity contribution in [3.63, 3.8) is 0 Å². The van der Waals surface area contributed by atoms with Crippen LogP contribution in [0.25, 0.3) is 0 Å². The van der Waals surface area contributed by atoms with Gasteiger partial charge in [-0.2, -0.15) is 0 Å². The first kappa shape index (κ1) is 14.6. The standard InChI is InChI=1S/C14H23N5O/c1-9(2)14-17-11(15-3)7-12(18-14)19(4)8-13(20)16-10-5-6-10/h7,9-10H,5-6,8H2,1-4H3,(H,16,20)(H,15,17,18). The molecular weight excluding hydrogens is 254 g/mol. The van der Waals surface area contributed by atoms with Crippen molar-refractivity contribution in [3.8, 4) is 0 Å². The highest BCUT2D eigenvalue weighted by Gasteiger charge is 2.23. The summed E-state index contributed by atoms with van der Waals surface area (Å²) in [5.74, 6) is 2.61. The van der Waals surface area contributed by atoms with Gasteiger partial charge in [0.05, 0.1) is 6.54 Å². The van der Waals surface area contributed by atoms with Crippen LogP contribution in [0.15, 0.2) is 6.07 Å². The van der Waals surface area contributed by atoms with Gasteiger partial charge in [-0.1, -0.05) is 13.8 Å². The molecule has 0 aromatic carbocycles. The maximum absolute atomic E-state index is 11.8. The van der Waals surface area contributed by atoms with Crippen LogP contribution in [0.1, 0.15) is 38.4 Å². The molecule has 1 aromatic rings. The Morgan fingerprint density at radius 2 is 2.15 bits per heavy atom. The minimum absolute atomic E-state index is 0.0470. The summed E-state index contributed by atoms with van der Waals surface area (Å²) >= 11 is 0. The number of anilines is 2. The maximum atomic E-state index is 11.8. The molecule has 110 valence electrons. The summed E-state index contributed by atoms with van der Waals surface area (Å²) in [7, 11) is 3.70. The van der Waals surface area contributed by atoms with E-state index in [9.17, 15) is 4.79 Å². The summed E-state index contributed by atoms with van der Waals surface area (Å²) in [6, 6.07) is 2.25.